The number of sulfonamides is 1. The van der Waals surface area contributed by atoms with Gasteiger partial charge in [0, 0.05) is 26.3 Å². The highest BCUT2D eigenvalue weighted by Gasteiger charge is 2.24. The lowest BCUT2D eigenvalue weighted by molar-refractivity contribution is -0.0951. The van der Waals surface area contributed by atoms with E-state index in [0.717, 1.165) is 32.5 Å². The third-order valence-corrected chi connectivity index (χ3v) is 5.26. The molecule has 0 aliphatic carbocycles. The predicted molar refractivity (Wildman–Crippen MR) is 86.5 cm³/mol. The zero-order valence-electron chi connectivity index (χ0n) is 14.3. The van der Waals surface area contributed by atoms with E-state index in [2.05, 4.69) is 6.92 Å². The Morgan fingerprint density at radius 1 is 1.27 bits per heavy atom. The molecule has 2 unspecified atom stereocenters. The quantitative estimate of drug-likeness (QED) is 0.606. The van der Waals surface area contributed by atoms with Crippen LogP contribution in [0.1, 0.15) is 40.0 Å². The molecular weight excluding hydrogens is 306 g/mol. The maximum absolute atomic E-state index is 11.8. The SMILES string of the molecule is CCC(C)OC(COC1CCOCC1)CN(CC)S(C)(=O)=O. The van der Waals surface area contributed by atoms with E-state index in [1.807, 2.05) is 13.8 Å². The highest BCUT2D eigenvalue weighted by molar-refractivity contribution is 7.88. The summed E-state index contributed by atoms with van der Waals surface area (Å²) < 4.78 is 42.2. The van der Waals surface area contributed by atoms with E-state index in [1.54, 1.807) is 0 Å². The van der Waals surface area contributed by atoms with Crippen LogP contribution < -0.4 is 0 Å². The van der Waals surface area contributed by atoms with Crippen LogP contribution in [-0.4, -0.2) is 70.2 Å². The maximum atomic E-state index is 11.8. The molecule has 1 saturated heterocycles. The Morgan fingerprint density at radius 3 is 2.41 bits per heavy atom. The fourth-order valence-corrected chi connectivity index (χ4v) is 3.28. The third-order valence-electron chi connectivity index (χ3n) is 3.91. The number of nitrogens with zero attached hydrogens (tertiary/aromatic N) is 1. The van der Waals surface area contributed by atoms with Gasteiger partial charge in [-0.2, -0.15) is 4.31 Å². The van der Waals surface area contributed by atoms with E-state index in [-0.39, 0.29) is 18.3 Å². The molecule has 0 saturated carbocycles. The van der Waals surface area contributed by atoms with Gasteiger partial charge in [-0.25, -0.2) is 8.42 Å². The van der Waals surface area contributed by atoms with Gasteiger partial charge in [0.15, 0.2) is 0 Å². The Labute approximate surface area is 135 Å². The zero-order chi connectivity index (χ0) is 16.6. The van der Waals surface area contributed by atoms with Gasteiger partial charge in [-0.3, -0.25) is 0 Å². The second kappa shape index (κ2) is 9.82. The van der Waals surface area contributed by atoms with Gasteiger partial charge in [-0.15, -0.1) is 0 Å². The second-order valence-corrected chi connectivity index (χ2v) is 7.82. The molecule has 1 rings (SSSR count). The van der Waals surface area contributed by atoms with E-state index >= 15 is 0 Å². The summed E-state index contributed by atoms with van der Waals surface area (Å²) in [6, 6.07) is 0. The summed E-state index contributed by atoms with van der Waals surface area (Å²) in [5.74, 6) is 0. The Hall–Kier alpha value is -0.210. The van der Waals surface area contributed by atoms with Crippen molar-refractivity contribution >= 4 is 10.0 Å². The van der Waals surface area contributed by atoms with Crippen LogP contribution in [0.3, 0.4) is 0 Å². The summed E-state index contributed by atoms with van der Waals surface area (Å²) in [6.45, 7) is 8.53. The first-order valence-electron chi connectivity index (χ1n) is 8.16. The minimum absolute atomic E-state index is 0.0848. The number of hydrogen-bond donors (Lipinski definition) is 0. The first kappa shape index (κ1) is 19.8. The molecule has 1 fully saturated rings. The van der Waals surface area contributed by atoms with E-state index in [1.165, 1.54) is 10.6 Å². The van der Waals surface area contributed by atoms with Crippen molar-refractivity contribution in [3.8, 4) is 0 Å². The van der Waals surface area contributed by atoms with Crippen LogP contribution >= 0.6 is 0 Å². The van der Waals surface area contributed by atoms with E-state index in [9.17, 15) is 8.42 Å². The molecule has 1 aliphatic heterocycles. The average molecular weight is 337 g/mol. The van der Waals surface area contributed by atoms with Crippen molar-refractivity contribution in [3.05, 3.63) is 0 Å². The summed E-state index contributed by atoms with van der Waals surface area (Å²) in [6.07, 6.45) is 3.92. The minimum atomic E-state index is -3.22. The summed E-state index contributed by atoms with van der Waals surface area (Å²) >= 11 is 0. The fraction of sp³-hybridized carbons (Fsp3) is 1.00. The highest BCUT2D eigenvalue weighted by Crippen LogP contribution is 2.14. The number of ether oxygens (including phenoxy) is 3. The van der Waals surface area contributed by atoms with Gasteiger partial charge in [0.2, 0.25) is 10.0 Å². The lowest BCUT2D eigenvalue weighted by Gasteiger charge is -2.29. The van der Waals surface area contributed by atoms with Crippen molar-refractivity contribution < 1.29 is 22.6 Å². The van der Waals surface area contributed by atoms with Gasteiger partial charge < -0.3 is 14.2 Å². The summed E-state index contributed by atoms with van der Waals surface area (Å²) in [5, 5.41) is 0. The van der Waals surface area contributed by atoms with Gasteiger partial charge >= 0.3 is 0 Å². The molecule has 1 heterocycles. The molecule has 0 aromatic heterocycles. The normalized spacial score (nSPS) is 20.2. The molecule has 0 aromatic rings. The summed E-state index contributed by atoms with van der Waals surface area (Å²) in [4.78, 5) is 0. The Morgan fingerprint density at radius 2 is 1.91 bits per heavy atom. The Bertz CT molecular complexity index is 395. The van der Waals surface area contributed by atoms with Crippen LogP contribution in [0.5, 0.6) is 0 Å². The topological polar surface area (TPSA) is 65.1 Å². The monoisotopic (exact) mass is 337 g/mol. The third kappa shape index (κ3) is 7.37. The van der Waals surface area contributed by atoms with Crippen LogP contribution in [0.25, 0.3) is 0 Å². The first-order valence-corrected chi connectivity index (χ1v) is 10.0. The van der Waals surface area contributed by atoms with Crippen LogP contribution in [0.4, 0.5) is 0 Å². The molecule has 0 spiro atoms. The lowest BCUT2D eigenvalue weighted by Crippen LogP contribution is -2.42. The second-order valence-electron chi connectivity index (χ2n) is 5.84. The number of rotatable bonds is 10. The lowest BCUT2D eigenvalue weighted by atomic mass is 10.1. The van der Waals surface area contributed by atoms with Crippen LogP contribution in [-0.2, 0) is 24.2 Å². The van der Waals surface area contributed by atoms with E-state index in [0.29, 0.717) is 19.7 Å². The molecule has 0 aromatic carbocycles. The Balaban J connectivity index is 2.57. The minimum Gasteiger partial charge on any atom is -0.381 e. The number of likely N-dealkylation sites (N-methyl/N-ethyl adjacent to an activating group) is 1. The molecule has 22 heavy (non-hydrogen) atoms. The molecule has 0 N–H and O–H groups in total. The smallest absolute Gasteiger partial charge is 0.211 e. The zero-order valence-corrected chi connectivity index (χ0v) is 15.1. The molecule has 7 heteroatoms. The molecular formula is C15H31NO5S. The molecule has 0 amide bonds. The van der Waals surface area contributed by atoms with Crippen LogP contribution in [0.15, 0.2) is 0 Å². The molecule has 6 nitrogen and oxygen atoms in total. The van der Waals surface area contributed by atoms with Crippen LogP contribution in [0.2, 0.25) is 0 Å². The van der Waals surface area contributed by atoms with Crippen molar-refractivity contribution in [2.45, 2.75) is 58.3 Å². The van der Waals surface area contributed by atoms with Crippen molar-refractivity contribution in [1.29, 1.82) is 0 Å². The number of hydrogen-bond acceptors (Lipinski definition) is 5. The van der Waals surface area contributed by atoms with Gasteiger partial charge in [0.1, 0.15) is 0 Å². The highest BCUT2D eigenvalue weighted by atomic mass is 32.2. The van der Waals surface area contributed by atoms with E-state index in [4.69, 9.17) is 14.2 Å². The largest absolute Gasteiger partial charge is 0.381 e. The van der Waals surface area contributed by atoms with Crippen LogP contribution in [0, 0.1) is 0 Å². The van der Waals surface area contributed by atoms with Crippen molar-refractivity contribution in [1.82, 2.24) is 4.31 Å². The predicted octanol–water partition coefficient (Wildman–Crippen LogP) is 1.65. The van der Waals surface area contributed by atoms with Crippen molar-refractivity contribution in [3.63, 3.8) is 0 Å². The van der Waals surface area contributed by atoms with E-state index < -0.39 is 10.0 Å². The van der Waals surface area contributed by atoms with Crippen molar-refractivity contribution in [2.24, 2.45) is 0 Å². The molecule has 0 bridgehead atoms. The van der Waals surface area contributed by atoms with Gasteiger partial charge in [0.05, 0.1) is 31.2 Å². The summed E-state index contributed by atoms with van der Waals surface area (Å²) in [5.41, 5.74) is 0. The fourth-order valence-electron chi connectivity index (χ4n) is 2.37. The molecule has 0 radical (unpaired) electrons. The first-order chi connectivity index (χ1) is 10.4. The van der Waals surface area contributed by atoms with Gasteiger partial charge in [0.25, 0.3) is 0 Å². The maximum Gasteiger partial charge on any atom is 0.211 e. The molecule has 132 valence electrons. The van der Waals surface area contributed by atoms with Gasteiger partial charge in [-0.05, 0) is 26.2 Å². The molecule has 1 aliphatic rings. The van der Waals surface area contributed by atoms with Crippen molar-refractivity contribution in [2.75, 3.05) is 39.2 Å². The average Bonchev–Trinajstić information content (AvgIpc) is 2.49. The Kier molecular flexibility index (Phi) is 8.86. The van der Waals surface area contributed by atoms with Gasteiger partial charge in [-0.1, -0.05) is 13.8 Å². The standard InChI is InChI=1S/C15H31NO5S/c1-5-13(3)21-15(11-16(6-2)22(4,17)18)12-20-14-7-9-19-10-8-14/h13-15H,5-12H2,1-4H3. The summed E-state index contributed by atoms with van der Waals surface area (Å²) in [7, 11) is -3.22. The molecule has 2 atom stereocenters.